The second-order valence-electron chi connectivity index (χ2n) is 11.5. The summed E-state index contributed by atoms with van der Waals surface area (Å²) in [5.41, 5.74) is 1.36. The first-order chi connectivity index (χ1) is 16.2. The normalized spacial score (nSPS) is 31.3. The van der Waals surface area contributed by atoms with Gasteiger partial charge in [0.15, 0.2) is 0 Å². The highest BCUT2D eigenvalue weighted by molar-refractivity contribution is 5.86. The summed E-state index contributed by atoms with van der Waals surface area (Å²) in [6.45, 7) is 6.47. The summed E-state index contributed by atoms with van der Waals surface area (Å²) in [6, 6.07) is 15.5. The Bertz CT molecular complexity index is 958. The van der Waals surface area contributed by atoms with E-state index in [0.29, 0.717) is 5.91 Å². The molecule has 1 N–H and O–H groups in total. The van der Waals surface area contributed by atoms with E-state index in [1.807, 2.05) is 0 Å². The number of piperazine rings is 1. The topological polar surface area (TPSA) is 35.6 Å². The molecule has 0 spiro atoms. The second kappa shape index (κ2) is 8.94. The van der Waals surface area contributed by atoms with Crippen molar-refractivity contribution >= 4 is 22.4 Å². The molecule has 0 radical (unpaired) electrons. The van der Waals surface area contributed by atoms with Gasteiger partial charge in [0.1, 0.15) is 0 Å². The molecule has 7 rings (SSSR count). The number of carbonyl (C=O) groups is 1. The number of hydrogen-bond donors (Lipinski definition) is 1. The van der Waals surface area contributed by atoms with Crippen LogP contribution in [0.2, 0.25) is 0 Å². The van der Waals surface area contributed by atoms with Crippen LogP contribution in [0.15, 0.2) is 42.5 Å². The van der Waals surface area contributed by atoms with Gasteiger partial charge < -0.3 is 10.2 Å². The zero-order chi connectivity index (χ0) is 22.3. The van der Waals surface area contributed by atoms with Crippen LogP contribution in [-0.2, 0) is 4.79 Å². The van der Waals surface area contributed by atoms with Gasteiger partial charge in [-0.3, -0.25) is 9.69 Å². The molecule has 2 aromatic carbocycles. The molecule has 4 heteroatoms. The molecule has 1 amide bonds. The van der Waals surface area contributed by atoms with Crippen LogP contribution < -0.4 is 10.2 Å². The van der Waals surface area contributed by atoms with Gasteiger partial charge in [-0.1, -0.05) is 30.3 Å². The van der Waals surface area contributed by atoms with E-state index in [1.54, 1.807) is 0 Å². The molecule has 1 aliphatic heterocycles. The Kier molecular flexibility index (Phi) is 5.82. The van der Waals surface area contributed by atoms with Crippen molar-refractivity contribution in [3.8, 4) is 0 Å². The molecule has 0 atom stereocenters. The highest BCUT2D eigenvalue weighted by Crippen LogP contribution is 2.60. The lowest BCUT2D eigenvalue weighted by atomic mass is 9.49. The van der Waals surface area contributed by atoms with E-state index < -0.39 is 0 Å². The maximum Gasteiger partial charge on any atom is 0.226 e. The molecule has 4 nitrogen and oxygen atoms in total. The fraction of sp³-hybridized carbons (Fsp3) is 0.621. The van der Waals surface area contributed by atoms with Gasteiger partial charge in [0.05, 0.1) is 0 Å². The molecule has 176 valence electrons. The van der Waals surface area contributed by atoms with Gasteiger partial charge in [-0.25, -0.2) is 0 Å². The number of carbonyl (C=O) groups excluding carboxylic acids is 1. The SMILES string of the molecule is O=C(NCCCCN1CCN(c2ccc3ccccc3c2)CC1)C12CC3CC(CC(C3)C1)C2. The monoisotopic (exact) mass is 445 g/mol. The van der Waals surface area contributed by atoms with Gasteiger partial charge in [-0.15, -0.1) is 0 Å². The molecule has 1 heterocycles. The maximum atomic E-state index is 13.1. The van der Waals surface area contributed by atoms with Crippen molar-refractivity contribution < 1.29 is 4.79 Å². The molecular weight excluding hydrogens is 406 g/mol. The minimum Gasteiger partial charge on any atom is -0.369 e. The number of rotatable bonds is 7. The van der Waals surface area contributed by atoms with Crippen molar-refractivity contribution in [1.82, 2.24) is 10.2 Å². The van der Waals surface area contributed by atoms with E-state index in [0.717, 1.165) is 63.4 Å². The summed E-state index contributed by atoms with van der Waals surface area (Å²) < 4.78 is 0. The fourth-order valence-corrected chi connectivity index (χ4v) is 7.84. The predicted molar refractivity (Wildman–Crippen MR) is 135 cm³/mol. The first-order valence-corrected chi connectivity index (χ1v) is 13.4. The molecule has 4 aliphatic carbocycles. The van der Waals surface area contributed by atoms with Crippen LogP contribution in [0.4, 0.5) is 5.69 Å². The van der Waals surface area contributed by atoms with Crippen LogP contribution in [0.1, 0.15) is 51.4 Å². The molecule has 0 unspecified atom stereocenters. The van der Waals surface area contributed by atoms with Crippen molar-refractivity contribution in [2.24, 2.45) is 23.2 Å². The third kappa shape index (κ3) is 4.39. The molecule has 1 saturated heterocycles. The van der Waals surface area contributed by atoms with E-state index in [-0.39, 0.29) is 5.41 Å². The molecule has 4 saturated carbocycles. The third-order valence-corrected chi connectivity index (χ3v) is 9.18. The third-order valence-electron chi connectivity index (χ3n) is 9.18. The van der Waals surface area contributed by atoms with Crippen LogP contribution >= 0.6 is 0 Å². The highest BCUT2D eigenvalue weighted by Gasteiger charge is 2.54. The Labute approximate surface area is 198 Å². The van der Waals surface area contributed by atoms with Crippen LogP contribution in [0.25, 0.3) is 10.8 Å². The Hall–Kier alpha value is -2.07. The summed E-state index contributed by atoms with van der Waals surface area (Å²) in [4.78, 5) is 18.2. The average molecular weight is 446 g/mol. The summed E-state index contributed by atoms with van der Waals surface area (Å²) in [7, 11) is 0. The Morgan fingerprint density at radius 1 is 0.848 bits per heavy atom. The van der Waals surface area contributed by atoms with E-state index in [9.17, 15) is 4.79 Å². The van der Waals surface area contributed by atoms with Crippen LogP contribution in [0.5, 0.6) is 0 Å². The van der Waals surface area contributed by atoms with Gasteiger partial charge in [0.2, 0.25) is 5.91 Å². The van der Waals surface area contributed by atoms with Gasteiger partial charge in [-0.05, 0) is 98.6 Å². The lowest BCUT2D eigenvalue weighted by Gasteiger charge is -2.55. The smallest absolute Gasteiger partial charge is 0.226 e. The minimum atomic E-state index is 0.00778. The van der Waals surface area contributed by atoms with Gasteiger partial charge in [0, 0.05) is 43.8 Å². The summed E-state index contributed by atoms with van der Waals surface area (Å²) in [6.07, 6.45) is 10.0. The molecule has 4 bridgehead atoms. The molecular formula is C29H39N3O. The van der Waals surface area contributed by atoms with Gasteiger partial charge >= 0.3 is 0 Å². The van der Waals surface area contributed by atoms with Crippen LogP contribution in [-0.4, -0.2) is 50.1 Å². The highest BCUT2D eigenvalue weighted by atomic mass is 16.2. The lowest BCUT2D eigenvalue weighted by molar-refractivity contribution is -0.146. The van der Waals surface area contributed by atoms with Gasteiger partial charge in [0.25, 0.3) is 0 Å². The van der Waals surface area contributed by atoms with Crippen molar-refractivity contribution in [3.63, 3.8) is 0 Å². The summed E-state index contributed by atoms with van der Waals surface area (Å²) in [5, 5.41) is 6.00. The number of anilines is 1. The van der Waals surface area contributed by atoms with Crippen LogP contribution in [0.3, 0.4) is 0 Å². The standard InChI is InChI=1S/C29H39N3O/c33-28(29-19-22-15-23(20-29)17-24(16-22)21-29)30-9-3-4-10-31-11-13-32(14-12-31)27-8-7-25-5-1-2-6-26(25)18-27/h1-2,5-8,18,22-24H,3-4,9-17,19-21H2,(H,30,33). The van der Waals surface area contributed by atoms with E-state index in [2.05, 4.69) is 57.6 Å². The number of amides is 1. The Balaban J connectivity index is 0.914. The molecule has 0 aromatic heterocycles. The second-order valence-corrected chi connectivity index (χ2v) is 11.5. The first-order valence-electron chi connectivity index (χ1n) is 13.4. The zero-order valence-electron chi connectivity index (χ0n) is 20.0. The van der Waals surface area contributed by atoms with E-state index in [4.69, 9.17) is 0 Å². The number of fused-ring (bicyclic) bond motifs is 1. The first kappa shape index (κ1) is 21.5. The number of nitrogens with one attached hydrogen (secondary N) is 1. The zero-order valence-corrected chi connectivity index (χ0v) is 20.0. The molecule has 5 aliphatic rings. The number of nitrogens with zero attached hydrogens (tertiary/aromatic N) is 2. The largest absolute Gasteiger partial charge is 0.369 e. The lowest BCUT2D eigenvalue weighted by Crippen LogP contribution is -2.53. The summed E-state index contributed by atoms with van der Waals surface area (Å²) >= 11 is 0. The average Bonchev–Trinajstić information content (AvgIpc) is 2.83. The summed E-state index contributed by atoms with van der Waals surface area (Å²) in [5.74, 6) is 2.92. The molecule has 2 aromatic rings. The predicted octanol–water partition coefficient (Wildman–Crippen LogP) is 5.07. The maximum absolute atomic E-state index is 13.1. The van der Waals surface area contributed by atoms with E-state index >= 15 is 0 Å². The molecule has 5 fully saturated rings. The van der Waals surface area contributed by atoms with Crippen molar-refractivity contribution in [1.29, 1.82) is 0 Å². The number of hydrogen-bond acceptors (Lipinski definition) is 3. The van der Waals surface area contributed by atoms with Crippen molar-refractivity contribution in [2.75, 3.05) is 44.2 Å². The fourth-order valence-electron chi connectivity index (χ4n) is 7.84. The molecule has 33 heavy (non-hydrogen) atoms. The van der Waals surface area contributed by atoms with Gasteiger partial charge in [-0.2, -0.15) is 0 Å². The van der Waals surface area contributed by atoms with Crippen molar-refractivity contribution in [2.45, 2.75) is 51.4 Å². The number of benzene rings is 2. The van der Waals surface area contributed by atoms with Crippen LogP contribution in [0, 0.1) is 23.2 Å². The Morgan fingerprint density at radius 3 is 2.21 bits per heavy atom. The quantitative estimate of drug-likeness (QED) is 0.604. The minimum absolute atomic E-state index is 0.00778. The number of unbranched alkanes of at least 4 members (excludes halogenated alkanes) is 1. The Morgan fingerprint density at radius 2 is 1.52 bits per heavy atom. The van der Waals surface area contributed by atoms with Crippen molar-refractivity contribution in [3.05, 3.63) is 42.5 Å². The van der Waals surface area contributed by atoms with E-state index in [1.165, 1.54) is 61.4 Å².